The Bertz CT molecular complexity index is 1260. The minimum Gasteiger partial charge on any atom is -0.475 e. The van der Waals surface area contributed by atoms with Crippen molar-refractivity contribution in [3.8, 4) is 0 Å². The summed E-state index contributed by atoms with van der Waals surface area (Å²) >= 11 is 3.40. The van der Waals surface area contributed by atoms with Gasteiger partial charge in [0, 0.05) is 37.4 Å². The predicted octanol–water partition coefficient (Wildman–Crippen LogP) is 4.49. The van der Waals surface area contributed by atoms with Crippen LogP contribution in [0, 0.1) is 5.92 Å². The fourth-order valence-electron chi connectivity index (χ4n) is 3.78. The van der Waals surface area contributed by atoms with Crippen molar-refractivity contribution in [2.24, 2.45) is 5.92 Å². The van der Waals surface area contributed by atoms with Gasteiger partial charge in [0.1, 0.15) is 10.1 Å². The first kappa shape index (κ1) is 25.7. The largest absolute Gasteiger partial charge is 0.490 e. The quantitative estimate of drug-likeness (QED) is 0.339. The second-order valence-electron chi connectivity index (χ2n) is 8.45. The Balaban J connectivity index is 0.000000384. The van der Waals surface area contributed by atoms with E-state index in [1.54, 1.807) is 18.6 Å². The lowest BCUT2D eigenvalue weighted by Crippen LogP contribution is -2.37. The van der Waals surface area contributed by atoms with Gasteiger partial charge >= 0.3 is 12.1 Å². The third kappa shape index (κ3) is 6.25. The maximum absolute atomic E-state index is 12.9. The van der Waals surface area contributed by atoms with Crippen molar-refractivity contribution in [3.63, 3.8) is 0 Å². The molecule has 1 aliphatic heterocycles. The summed E-state index contributed by atoms with van der Waals surface area (Å²) < 4.78 is 32.4. The summed E-state index contributed by atoms with van der Waals surface area (Å²) in [5.41, 5.74) is 2.30. The van der Waals surface area contributed by atoms with E-state index in [0.29, 0.717) is 16.2 Å². The fraction of sp³-hybridized carbons (Fsp3) is 0.391. The number of alkyl halides is 3. The number of nitrogens with zero attached hydrogens (tertiary/aromatic N) is 5. The minimum atomic E-state index is -5.08. The zero-order chi connectivity index (χ0) is 25.9. The van der Waals surface area contributed by atoms with Crippen LogP contribution in [0.1, 0.15) is 36.0 Å². The molecule has 1 saturated heterocycles. The Labute approximate surface area is 212 Å². The lowest BCUT2D eigenvalue weighted by atomic mass is 9.89. The summed E-state index contributed by atoms with van der Waals surface area (Å²) in [7, 11) is 0. The highest BCUT2D eigenvalue weighted by Gasteiger charge is 2.38. The maximum atomic E-state index is 12.9. The van der Waals surface area contributed by atoms with E-state index in [0.717, 1.165) is 48.6 Å². The molecule has 2 aliphatic rings. The molecule has 1 saturated carbocycles. The van der Waals surface area contributed by atoms with Gasteiger partial charge in [-0.3, -0.25) is 9.78 Å². The normalized spacial score (nSPS) is 16.3. The van der Waals surface area contributed by atoms with Gasteiger partial charge in [0.2, 0.25) is 0 Å². The SMILES string of the molecule is O=C(O)C(F)(F)F.O=C(c1cccnc1Br)C1CCN(c2nc3cnccc3nc2NC2CC2)CC1. The number of carbonyl (C=O) groups excluding carboxylic acids is 1. The molecule has 0 amide bonds. The molecule has 4 heterocycles. The third-order valence-electron chi connectivity index (χ3n) is 5.80. The Morgan fingerprint density at radius 2 is 1.75 bits per heavy atom. The molecule has 36 heavy (non-hydrogen) atoms. The standard InChI is InChI=1S/C21H21BrN6O.C2HF3O2/c22-19-15(2-1-8-24-19)18(29)13-6-10-28(11-7-13)21-20(25-14-3-4-14)26-16-5-9-23-12-17(16)27-21;3-2(4,5)1(6)7/h1-2,5,8-9,12-14H,3-4,6-7,10-11H2,(H,25,26);(H,6,7). The van der Waals surface area contributed by atoms with E-state index in [4.69, 9.17) is 19.9 Å². The number of hydrogen-bond donors (Lipinski definition) is 2. The Hall–Kier alpha value is -3.35. The molecule has 3 aromatic heterocycles. The first-order valence-electron chi connectivity index (χ1n) is 11.2. The van der Waals surface area contributed by atoms with Gasteiger partial charge in [0.15, 0.2) is 17.4 Å². The van der Waals surface area contributed by atoms with Crippen molar-refractivity contribution in [2.75, 3.05) is 23.3 Å². The number of halogens is 4. The number of fused-ring (bicyclic) bond motifs is 1. The number of nitrogens with one attached hydrogen (secondary N) is 1. The number of carboxylic acids is 1. The van der Waals surface area contributed by atoms with E-state index in [9.17, 15) is 18.0 Å². The third-order valence-corrected chi connectivity index (χ3v) is 6.43. The molecule has 0 unspecified atom stereocenters. The van der Waals surface area contributed by atoms with Gasteiger partial charge in [-0.15, -0.1) is 0 Å². The molecule has 190 valence electrons. The van der Waals surface area contributed by atoms with Crippen LogP contribution in [0.5, 0.6) is 0 Å². The van der Waals surface area contributed by atoms with Crippen LogP contribution in [-0.4, -0.2) is 62.1 Å². The predicted molar refractivity (Wildman–Crippen MR) is 129 cm³/mol. The monoisotopic (exact) mass is 566 g/mol. The molecule has 0 atom stereocenters. The van der Waals surface area contributed by atoms with Crippen LogP contribution in [0.3, 0.4) is 0 Å². The molecule has 2 fully saturated rings. The van der Waals surface area contributed by atoms with Crippen LogP contribution in [0.25, 0.3) is 11.0 Å². The van der Waals surface area contributed by atoms with Gasteiger partial charge in [-0.05, 0) is 59.8 Å². The number of piperidine rings is 1. The lowest BCUT2D eigenvalue weighted by molar-refractivity contribution is -0.192. The number of ketones is 1. The average molecular weight is 567 g/mol. The summed E-state index contributed by atoms with van der Waals surface area (Å²) in [4.78, 5) is 42.1. The van der Waals surface area contributed by atoms with E-state index in [-0.39, 0.29) is 11.7 Å². The number of aliphatic carboxylic acids is 1. The molecule has 13 heteroatoms. The van der Waals surface area contributed by atoms with E-state index in [1.807, 2.05) is 18.2 Å². The summed E-state index contributed by atoms with van der Waals surface area (Å²) in [5, 5.41) is 10.6. The van der Waals surface area contributed by atoms with Crippen molar-refractivity contribution in [2.45, 2.75) is 37.9 Å². The Kier molecular flexibility index (Phi) is 7.67. The number of aromatic nitrogens is 4. The number of pyridine rings is 2. The van der Waals surface area contributed by atoms with Crippen LogP contribution in [0.15, 0.2) is 41.4 Å². The molecule has 0 bridgehead atoms. The van der Waals surface area contributed by atoms with E-state index < -0.39 is 12.1 Å². The zero-order valence-electron chi connectivity index (χ0n) is 18.9. The second-order valence-corrected chi connectivity index (χ2v) is 9.20. The van der Waals surface area contributed by atoms with Crippen molar-refractivity contribution in [1.29, 1.82) is 0 Å². The molecule has 9 nitrogen and oxygen atoms in total. The van der Waals surface area contributed by atoms with E-state index in [2.05, 4.69) is 36.1 Å². The zero-order valence-corrected chi connectivity index (χ0v) is 20.5. The number of anilines is 2. The van der Waals surface area contributed by atoms with E-state index in [1.165, 1.54) is 12.8 Å². The number of Topliss-reactive ketones (excluding diaryl/α,β-unsaturated/α-hetero) is 1. The molecule has 1 aliphatic carbocycles. The summed E-state index contributed by atoms with van der Waals surface area (Å²) in [6.45, 7) is 1.54. The highest BCUT2D eigenvalue weighted by Crippen LogP contribution is 2.33. The van der Waals surface area contributed by atoms with E-state index >= 15 is 0 Å². The Morgan fingerprint density at radius 1 is 1.06 bits per heavy atom. The first-order valence-corrected chi connectivity index (χ1v) is 12.0. The van der Waals surface area contributed by atoms with Crippen molar-refractivity contribution < 1.29 is 27.9 Å². The van der Waals surface area contributed by atoms with Crippen LogP contribution < -0.4 is 10.2 Å². The topological polar surface area (TPSA) is 121 Å². The average Bonchev–Trinajstić information content (AvgIpc) is 3.67. The molecular formula is C23H22BrF3N6O3. The first-order chi connectivity index (χ1) is 17.1. The molecule has 2 N–H and O–H groups in total. The minimum absolute atomic E-state index is 0.00155. The van der Waals surface area contributed by atoms with Gasteiger partial charge in [-0.2, -0.15) is 13.2 Å². The van der Waals surface area contributed by atoms with Crippen LogP contribution in [0.4, 0.5) is 24.8 Å². The lowest BCUT2D eigenvalue weighted by Gasteiger charge is -2.33. The van der Waals surface area contributed by atoms with Gasteiger partial charge in [-0.25, -0.2) is 19.7 Å². The Morgan fingerprint density at radius 3 is 2.36 bits per heavy atom. The summed E-state index contributed by atoms with van der Waals surface area (Å²) in [6.07, 6.45) is 4.02. The highest BCUT2D eigenvalue weighted by molar-refractivity contribution is 9.10. The molecule has 0 spiro atoms. The van der Waals surface area contributed by atoms with Crippen LogP contribution in [-0.2, 0) is 4.79 Å². The molecule has 3 aromatic rings. The summed E-state index contributed by atoms with van der Waals surface area (Å²) in [5.74, 6) is -0.888. The number of carboxylic acid groups (broad SMARTS) is 1. The molecule has 0 aromatic carbocycles. The number of hydrogen-bond acceptors (Lipinski definition) is 8. The van der Waals surface area contributed by atoms with Crippen molar-refractivity contribution in [3.05, 3.63) is 47.0 Å². The molecule has 5 rings (SSSR count). The fourth-order valence-corrected chi connectivity index (χ4v) is 4.22. The second kappa shape index (κ2) is 10.7. The number of carbonyl (C=O) groups is 2. The molecule has 0 radical (unpaired) electrons. The van der Waals surface area contributed by atoms with Gasteiger partial charge in [-0.1, -0.05) is 0 Å². The van der Waals surface area contributed by atoms with Crippen LogP contribution in [0.2, 0.25) is 0 Å². The molecular weight excluding hydrogens is 545 g/mol. The van der Waals surface area contributed by atoms with Gasteiger partial charge in [0.05, 0.1) is 17.3 Å². The van der Waals surface area contributed by atoms with Crippen LogP contribution >= 0.6 is 15.9 Å². The smallest absolute Gasteiger partial charge is 0.475 e. The van der Waals surface area contributed by atoms with Gasteiger partial charge in [0.25, 0.3) is 0 Å². The summed E-state index contributed by atoms with van der Waals surface area (Å²) in [6, 6.07) is 6.03. The highest BCUT2D eigenvalue weighted by atomic mass is 79.9. The maximum Gasteiger partial charge on any atom is 0.490 e. The van der Waals surface area contributed by atoms with Crippen molar-refractivity contribution in [1.82, 2.24) is 19.9 Å². The van der Waals surface area contributed by atoms with Crippen molar-refractivity contribution >= 4 is 50.4 Å². The number of rotatable bonds is 5. The van der Waals surface area contributed by atoms with Gasteiger partial charge < -0.3 is 15.3 Å².